The molecule has 1 aliphatic heterocycles. The number of sulfonamides is 1. The molecular formula is C14H16ClN3O2S. The molecule has 0 atom stereocenters. The Bertz CT molecular complexity index is 770. The van der Waals surface area contributed by atoms with E-state index in [-0.39, 0.29) is 5.03 Å². The average Bonchev–Trinajstić information content (AvgIpc) is 2.75. The van der Waals surface area contributed by atoms with E-state index < -0.39 is 10.0 Å². The Labute approximate surface area is 129 Å². The van der Waals surface area contributed by atoms with E-state index in [2.05, 4.69) is 4.98 Å². The summed E-state index contributed by atoms with van der Waals surface area (Å²) in [6.07, 6.45) is 5.53. The van der Waals surface area contributed by atoms with Crippen molar-refractivity contribution < 1.29 is 8.42 Å². The van der Waals surface area contributed by atoms with E-state index in [0.29, 0.717) is 17.3 Å². The lowest BCUT2D eigenvalue weighted by atomic mass is 10.1. The summed E-state index contributed by atoms with van der Waals surface area (Å²) in [4.78, 5) is 3.99. The Kier molecular flexibility index (Phi) is 3.67. The van der Waals surface area contributed by atoms with Crippen molar-refractivity contribution in [2.75, 3.05) is 10.8 Å². The molecule has 0 unspecified atom stereocenters. The molecular weight excluding hydrogens is 310 g/mol. The van der Waals surface area contributed by atoms with Gasteiger partial charge in [0.05, 0.1) is 12.0 Å². The Morgan fingerprint density at radius 2 is 2.10 bits per heavy atom. The number of rotatable bonds is 2. The topological polar surface area (TPSA) is 55.2 Å². The summed E-state index contributed by atoms with van der Waals surface area (Å²) in [5.41, 5.74) is 1.57. The molecule has 3 rings (SSSR count). The first-order valence-corrected chi connectivity index (χ1v) is 8.60. The van der Waals surface area contributed by atoms with Crippen LogP contribution in [-0.4, -0.2) is 24.5 Å². The van der Waals surface area contributed by atoms with Gasteiger partial charge in [-0.3, -0.25) is 4.31 Å². The Balaban J connectivity index is 2.13. The van der Waals surface area contributed by atoms with Gasteiger partial charge in [0.15, 0.2) is 5.03 Å². The van der Waals surface area contributed by atoms with Gasteiger partial charge in [0, 0.05) is 24.8 Å². The minimum atomic E-state index is -3.65. The van der Waals surface area contributed by atoms with Crippen molar-refractivity contribution >= 4 is 27.3 Å². The highest BCUT2D eigenvalue weighted by Crippen LogP contribution is 2.34. The molecule has 0 spiro atoms. The fourth-order valence-corrected chi connectivity index (χ4v) is 4.36. The van der Waals surface area contributed by atoms with Crippen molar-refractivity contribution in [2.45, 2.75) is 24.3 Å². The standard InChI is InChI=1S/C14H16ClN3O2S/c1-17-9-14(16-10-17)21(19,20)18-8-3-2-5-11-12(15)6-4-7-13(11)18/h4,6-7,9-10H,2-3,5,8H2,1H3. The number of hydrogen-bond donors (Lipinski definition) is 0. The molecule has 0 amide bonds. The van der Waals surface area contributed by atoms with Crippen LogP contribution < -0.4 is 4.31 Å². The van der Waals surface area contributed by atoms with E-state index in [1.165, 1.54) is 16.8 Å². The van der Waals surface area contributed by atoms with Crippen molar-refractivity contribution in [2.24, 2.45) is 7.05 Å². The molecule has 1 aliphatic rings. The van der Waals surface area contributed by atoms with Gasteiger partial charge in [0.1, 0.15) is 0 Å². The zero-order valence-corrected chi connectivity index (χ0v) is 13.2. The Morgan fingerprint density at radius 1 is 1.29 bits per heavy atom. The van der Waals surface area contributed by atoms with Crippen molar-refractivity contribution in [3.63, 3.8) is 0 Å². The number of hydrogen-bond acceptors (Lipinski definition) is 3. The van der Waals surface area contributed by atoms with Gasteiger partial charge in [0.25, 0.3) is 10.0 Å². The summed E-state index contributed by atoms with van der Waals surface area (Å²) in [5.74, 6) is 0. The predicted octanol–water partition coefficient (Wildman–Crippen LogP) is 2.61. The zero-order chi connectivity index (χ0) is 15.0. The molecule has 1 aromatic carbocycles. The van der Waals surface area contributed by atoms with E-state index >= 15 is 0 Å². The zero-order valence-electron chi connectivity index (χ0n) is 11.7. The van der Waals surface area contributed by atoms with E-state index in [0.717, 1.165) is 24.8 Å². The first-order chi connectivity index (χ1) is 10.00. The predicted molar refractivity (Wildman–Crippen MR) is 82.1 cm³/mol. The molecule has 5 nitrogen and oxygen atoms in total. The fraction of sp³-hybridized carbons (Fsp3) is 0.357. The van der Waals surface area contributed by atoms with Crippen LogP contribution in [0.25, 0.3) is 0 Å². The minimum absolute atomic E-state index is 0.0674. The smallest absolute Gasteiger partial charge is 0.283 e. The second-order valence-corrected chi connectivity index (χ2v) is 7.37. The van der Waals surface area contributed by atoms with Crippen LogP contribution >= 0.6 is 11.6 Å². The number of halogens is 1. The molecule has 0 bridgehead atoms. The van der Waals surface area contributed by atoms with Crippen LogP contribution in [0.15, 0.2) is 35.7 Å². The van der Waals surface area contributed by atoms with Crippen molar-refractivity contribution in [1.29, 1.82) is 0 Å². The Hall–Kier alpha value is -1.53. The van der Waals surface area contributed by atoms with Crippen molar-refractivity contribution in [3.8, 4) is 0 Å². The summed E-state index contributed by atoms with van der Waals surface area (Å²) in [6.45, 7) is 0.451. The summed E-state index contributed by atoms with van der Waals surface area (Å²) >= 11 is 6.24. The van der Waals surface area contributed by atoms with Crippen molar-refractivity contribution in [1.82, 2.24) is 9.55 Å². The van der Waals surface area contributed by atoms with Gasteiger partial charge in [0.2, 0.25) is 0 Å². The van der Waals surface area contributed by atoms with Crippen LogP contribution in [0.2, 0.25) is 5.02 Å². The molecule has 2 heterocycles. The maximum absolute atomic E-state index is 12.8. The monoisotopic (exact) mass is 325 g/mol. The SMILES string of the molecule is Cn1cnc(S(=O)(=O)N2CCCCc3c(Cl)cccc32)c1. The number of benzene rings is 1. The number of anilines is 1. The van der Waals surface area contributed by atoms with Crippen LogP contribution in [0.5, 0.6) is 0 Å². The number of nitrogens with zero attached hydrogens (tertiary/aromatic N) is 3. The van der Waals surface area contributed by atoms with Gasteiger partial charge in [-0.15, -0.1) is 0 Å². The van der Waals surface area contributed by atoms with Crippen LogP contribution in [0.1, 0.15) is 18.4 Å². The lowest BCUT2D eigenvalue weighted by Gasteiger charge is -2.23. The van der Waals surface area contributed by atoms with Gasteiger partial charge in [-0.1, -0.05) is 17.7 Å². The normalized spacial score (nSPS) is 15.6. The third-order valence-corrected chi connectivity index (χ3v) is 5.69. The second-order valence-electron chi connectivity index (χ2n) is 5.15. The summed E-state index contributed by atoms with van der Waals surface area (Å²) in [5, 5.41) is 0.688. The molecule has 0 saturated carbocycles. The van der Waals surface area contributed by atoms with E-state index in [1.54, 1.807) is 23.7 Å². The van der Waals surface area contributed by atoms with Gasteiger partial charge >= 0.3 is 0 Å². The summed E-state index contributed by atoms with van der Waals surface area (Å²) in [7, 11) is -1.90. The van der Waals surface area contributed by atoms with Crippen molar-refractivity contribution in [3.05, 3.63) is 41.3 Å². The summed E-state index contributed by atoms with van der Waals surface area (Å²) < 4.78 is 28.7. The number of fused-ring (bicyclic) bond motifs is 1. The van der Waals surface area contributed by atoms with Gasteiger partial charge < -0.3 is 4.57 Å². The molecule has 0 N–H and O–H groups in total. The number of imidazole rings is 1. The lowest BCUT2D eigenvalue weighted by Crippen LogP contribution is -2.32. The molecule has 2 aromatic rings. The highest BCUT2D eigenvalue weighted by atomic mass is 35.5. The highest BCUT2D eigenvalue weighted by Gasteiger charge is 2.30. The van der Waals surface area contributed by atoms with Gasteiger partial charge in [-0.05, 0) is 37.0 Å². The number of aromatic nitrogens is 2. The largest absolute Gasteiger partial charge is 0.339 e. The quantitative estimate of drug-likeness (QED) is 0.853. The molecule has 0 saturated heterocycles. The second kappa shape index (κ2) is 5.35. The first kappa shape index (κ1) is 14.4. The van der Waals surface area contributed by atoms with E-state index in [9.17, 15) is 8.42 Å². The third kappa shape index (κ3) is 2.53. The lowest BCUT2D eigenvalue weighted by molar-refractivity contribution is 0.586. The van der Waals surface area contributed by atoms with Crippen LogP contribution in [0.3, 0.4) is 0 Å². The molecule has 1 aromatic heterocycles. The van der Waals surface area contributed by atoms with Crippen LogP contribution in [0, 0.1) is 0 Å². The fourth-order valence-electron chi connectivity index (χ4n) is 2.59. The molecule has 0 fully saturated rings. The maximum Gasteiger partial charge on any atom is 0.283 e. The average molecular weight is 326 g/mol. The molecule has 112 valence electrons. The van der Waals surface area contributed by atoms with E-state index in [1.807, 2.05) is 6.07 Å². The molecule has 0 aliphatic carbocycles. The molecule has 21 heavy (non-hydrogen) atoms. The number of aryl methyl sites for hydroxylation is 1. The molecule has 0 radical (unpaired) electrons. The third-order valence-electron chi connectivity index (χ3n) is 3.64. The van der Waals surface area contributed by atoms with Gasteiger partial charge in [-0.2, -0.15) is 8.42 Å². The minimum Gasteiger partial charge on any atom is -0.339 e. The highest BCUT2D eigenvalue weighted by molar-refractivity contribution is 7.92. The van der Waals surface area contributed by atoms with Crippen LogP contribution in [-0.2, 0) is 23.5 Å². The molecule has 7 heteroatoms. The maximum atomic E-state index is 12.8. The first-order valence-electron chi connectivity index (χ1n) is 6.78. The summed E-state index contributed by atoms with van der Waals surface area (Å²) in [6, 6.07) is 5.40. The Morgan fingerprint density at radius 3 is 2.81 bits per heavy atom. The van der Waals surface area contributed by atoms with Crippen LogP contribution in [0.4, 0.5) is 5.69 Å². The van der Waals surface area contributed by atoms with E-state index in [4.69, 9.17) is 11.6 Å². The van der Waals surface area contributed by atoms with Gasteiger partial charge in [-0.25, -0.2) is 4.98 Å².